The lowest BCUT2D eigenvalue weighted by Crippen LogP contribution is -2.08. The third kappa shape index (κ3) is 2.01. The highest BCUT2D eigenvalue weighted by molar-refractivity contribution is 9.10. The molecule has 0 aliphatic carbocycles. The van der Waals surface area contributed by atoms with Gasteiger partial charge in [0.1, 0.15) is 6.17 Å². The fraction of sp³-hybridized carbons (Fsp3) is 0.182. The predicted molar refractivity (Wildman–Crippen MR) is 62.3 cm³/mol. The number of nitrogens with zero attached hydrogens (tertiary/aromatic N) is 1. The molecule has 0 amide bonds. The number of aromatic nitrogens is 1. The van der Waals surface area contributed by atoms with Gasteiger partial charge in [0.05, 0.1) is 5.52 Å². The lowest BCUT2D eigenvalue weighted by molar-refractivity contribution is 0.355. The standard InChI is InChI=1S/C11H10BrFN2/c12-8-4-7-2-1-3-15-11(7)9(5-8)10(13)6-14/h1-5,10H,6,14H2. The summed E-state index contributed by atoms with van der Waals surface area (Å²) in [4.78, 5) is 4.17. The second kappa shape index (κ2) is 4.24. The number of hydrogen-bond donors (Lipinski definition) is 1. The molecule has 2 nitrogen and oxygen atoms in total. The highest BCUT2D eigenvalue weighted by atomic mass is 79.9. The molecule has 0 aliphatic heterocycles. The average Bonchev–Trinajstić information content (AvgIpc) is 2.26. The number of alkyl halides is 1. The van der Waals surface area contributed by atoms with Crippen LogP contribution in [0.2, 0.25) is 0 Å². The van der Waals surface area contributed by atoms with Gasteiger partial charge in [0.25, 0.3) is 0 Å². The van der Waals surface area contributed by atoms with Crippen LogP contribution in [0.3, 0.4) is 0 Å². The molecule has 0 fully saturated rings. The van der Waals surface area contributed by atoms with E-state index in [4.69, 9.17) is 5.73 Å². The molecule has 0 aliphatic rings. The molecular weight excluding hydrogens is 259 g/mol. The lowest BCUT2D eigenvalue weighted by Gasteiger charge is -2.09. The zero-order valence-corrected chi connectivity index (χ0v) is 9.54. The zero-order chi connectivity index (χ0) is 10.8. The maximum absolute atomic E-state index is 13.6. The van der Waals surface area contributed by atoms with E-state index in [9.17, 15) is 4.39 Å². The normalized spacial score (nSPS) is 13.0. The summed E-state index contributed by atoms with van der Waals surface area (Å²) in [7, 11) is 0. The van der Waals surface area contributed by atoms with Crippen LogP contribution in [0, 0.1) is 0 Å². The minimum absolute atomic E-state index is 0.0257. The minimum atomic E-state index is -1.17. The fourth-order valence-corrected chi connectivity index (χ4v) is 2.04. The molecule has 0 bridgehead atoms. The Bertz CT molecular complexity index is 487. The van der Waals surface area contributed by atoms with Gasteiger partial charge in [-0.1, -0.05) is 22.0 Å². The topological polar surface area (TPSA) is 38.9 Å². The number of hydrogen-bond acceptors (Lipinski definition) is 2. The quantitative estimate of drug-likeness (QED) is 0.910. The van der Waals surface area contributed by atoms with Crippen molar-refractivity contribution in [3.8, 4) is 0 Å². The van der Waals surface area contributed by atoms with Crippen LogP contribution >= 0.6 is 15.9 Å². The Balaban J connectivity index is 2.71. The SMILES string of the molecule is NCC(F)c1cc(Br)cc2cccnc12. The van der Waals surface area contributed by atoms with Gasteiger partial charge in [-0.3, -0.25) is 4.98 Å². The van der Waals surface area contributed by atoms with E-state index in [0.717, 1.165) is 9.86 Å². The molecule has 1 heterocycles. The maximum Gasteiger partial charge on any atom is 0.139 e. The van der Waals surface area contributed by atoms with Gasteiger partial charge >= 0.3 is 0 Å². The van der Waals surface area contributed by atoms with Crippen molar-refractivity contribution < 1.29 is 4.39 Å². The van der Waals surface area contributed by atoms with Crippen molar-refractivity contribution in [3.63, 3.8) is 0 Å². The van der Waals surface area contributed by atoms with Gasteiger partial charge in [0.15, 0.2) is 0 Å². The molecule has 15 heavy (non-hydrogen) atoms. The van der Waals surface area contributed by atoms with Crippen LogP contribution < -0.4 is 5.73 Å². The number of nitrogens with two attached hydrogens (primary N) is 1. The molecule has 0 saturated heterocycles. The molecule has 2 aromatic rings. The highest BCUT2D eigenvalue weighted by Crippen LogP contribution is 2.28. The Kier molecular flexibility index (Phi) is 2.98. The molecule has 0 spiro atoms. The van der Waals surface area contributed by atoms with Crippen molar-refractivity contribution in [3.05, 3.63) is 40.5 Å². The highest BCUT2D eigenvalue weighted by Gasteiger charge is 2.13. The van der Waals surface area contributed by atoms with Crippen molar-refractivity contribution in [2.24, 2.45) is 5.73 Å². The van der Waals surface area contributed by atoms with Crippen LogP contribution in [0.1, 0.15) is 11.7 Å². The summed E-state index contributed by atoms with van der Waals surface area (Å²) in [5.74, 6) is 0. The Morgan fingerprint density at radius 2 is 2.27 bits per heavy atom. The first-order valence-corrected chi connectivity index (χ1v) is 5.40. The van der Waals surface area contributed by atoms with Gasteiger partial charge in [0, 0.05) is 28.2 Å². The van der Waals surface area contributed by atoms with Crippen molar-refractivity contribution in [1.29, 1.82) is 0 Å². The Morgan fingerprint density at radius 1 is 1.47 bits per heavy atom. The molecule has 0 radical (unpaired) electrons. The van der Waals surface area contributed by atoms with Gasteiger partial charge in [-0.15, -0.1) is 0 Å². The second-order valence-corrected chi connectivity index (χ2v) is 4.19. The molecule has 1 atom stereocenters. The van der Waals surface area contributed by atoms with E-state index in [0.29, 0.717) is 11.1 Å². The predicted octanol–water partition coefficient (Wildman–Crippen LogP) is 2.97. The number of pyridine rings is 1. The van der Waals surface area contributed by atoms with Crippen LogP contribution in [-0.4, -0.2) is 11.5 Å². The number of fused-ring (bicyclic) bond motifs is 1. The maximum atomic E-state index is 13.6. The largest absolute Gasteiger partial charge is 0.327 e. The first kappa shape index (κ1) is 10.5. The smallest absolute Gasteiger partial charge is 0.139 e. The van der Waals surface area contributed by atoms with E-state index in [1.165, 1.54) is 0 Å². The third-order valence-corrected chi connectivity index (χ3v) is 2.70. The second-order valence-electron chi connectivity index (χ2n) is 3.27. The molecule has 2 rings (SSSR count). The average molecular weight is 269 g/mol. The van der Waals surface area contributed by atoms with Gasteiger partial charge < -0.3 is 5.73 Å². The van der Waals surface area contributed by atoms with Crippen LogP contribution in [0.15, 0.2) is 34.9 Å². The Morgan fingerprint density at radius 3 is 3.00 bits per heavy atom. The van der Waals surface area contributed by atoms with Crippen LogP contribution in [0.4, 0.5) is 4.39 Å². The Labute approximate surface area is 95.4 Å². The molecule has 1 aromatic carbocycles. The van der Waals surface area contributed by atoms with E-state index < -0.39 is 6.17 Å². The number of benzene rings is 1. The summed E-state index contributed by atoms with van der Waals surface area (Å²) < 4.78 is 14.4. The van der Waals surface area contributed by atoms with Crippen LogP contribution in [0.25, 0.3) is 10.9 Å². The van der Waals surface area contributed by atoms with Gasteiger partial charge in [0.2, 0.25) is 0 Å². The van der Waals surface area contributed by atoms with Gasteiger partial charge in [-0.2, -0.15) is 0 Å². The summed E-state index contributed by atoms with van der Waals surface area (Å²) in [5.41, 5.74) is 6.55. The van der Waals surface area contributed by atoms with Gasteiger partial charge in [-0.25, -0.2) is 4.39 Å². The summed E-state index contributed by atoms with van der Waals surface area (Å²) in [6.45, 7) is -0.0257. The van der Waals surface area contributed by atoms with E-state index in [-0.39, 0.29) is 6.54 Å². The fourth-order valence-electron chi connectivity index (χ4n) is 1.55. The number of halogens is 2. The monoisotopic (exact) mass is 268 g/mol. The summed E-state index contributed by atoms with van der Waals surface area (Å²) >= 11 is 3.35. The molecule has 2 N–H and O–H groups in total. The van der Waals surface area contributed by atoms with Crippen molar-refractivity contribution in [2.75, 3.05) is 6.54 Å². The van der Waals surface area contributed by atoms with Gasteiger partial charge in [-0.05, 0) is 18.2 Å². The lowest BCUT2D eigenvalue weighted by atomic mass is 10.1. The summed E-state index contributed by atoms with van der Waals surface area (Å²) in [5, 5.41) is 0.915. The van der Waals surface area contributed by atoms with E-state index in [1.54, 1.807) is 12.3 Å². The van der Waals surface area contributed by atoms with E-state index in [2.05, 4.69) is 20.9 Å². The van der Waals surface area contributed by atoms with Crippen molar-refractivity contribution in [2.45, 2.75) is 6.17 Å². The molecular formula is C11H10BrFN2. The zero-order valence-electron chi connectivity index (χ0n) is 7.95. The van der Waals surface area contributed by atoms with Crippen LogP contribution in [-0.2, 0) is 0 Å². The minimum Gasteiger partial charge on any atom is -0.327 e. The van der Waals surface area contributed by atoms with Crippen molar-refractivity contribution >= 4 is 26.8 Å². The van der Waals surface area contributed by atoms with Crippen LogP contribution in [0.5, 0.6) is 0 Å². The summed E-state index contributed by atoms with van der Waals surface area (Å²) in [6, 6.07) is 7.37. The molecule has 4 heteroatoms. The van der Waals surface area contributed by atoms with Crippen molar-refractivity contribution in [1.82, 2.24) is 4.98 Å². The molecule has 78 valence electrons. The van der Waals surface area contributed by atoms with E-state index in [1.807, 2.05) is 18.2 Å². The first-order valence-electron chi connectivity index (χ1n) is 4.60. The molecule has 1 aromatic heterocycles. The number of rotatable bonds is 2. The third-order valence-electron chi connectivity index (χ3n) is 2.24. The molecule has 1 unspecified atom stereocenters. The molecule has 0 saturated carbocycles. The summed E-state index contributed by atoms with van der Waals surface area (Å²) in [6.07, 6.45) is 0.489. The Hall–Kier alpha value is -1.00. The van der Waals surface area contributed by atoms with E-state index >= 15 is 0 Å². The first-order chi connectivity index (χ1) is 7.22.